The Morgan fingerprint density at radius 1 is 1.25 bits per heavy atom. The number of hydrogen-bond acceptors (Lipinski definition) is 1. The highest BCUT2D eigenvalue weighted by atomic mass is 16.3. The van der Waals surface area contributed by atoms with Crippen molar-refractivity contribution in [1.29, 1.82) is 0 Å². The summed E-state index contributed by atoms with van der Waals surface area (Å²) in [5.74, 6) is 2.56. The number of rotatable bonds is 3. The van der Waals surface area contributed by atoms with Gasteiger partial charge in [-0.1, -0.05) is 57.1 Å². The molecule has 3 rings (SSSR count). The van der Waals surface area contributed by atoms with Gasteiger partial charge in [-0.3, -0.25) is 0 Å². The van der Waals surface area contributed by atoms with Gasteiger partial charge in [0.1, 0.15) is 0 Å². The van der Waals surface area contributed by atoms with E-state index < -0.39 is 0 Å². The minimum atomic E-state index is -0.318. The SMILES string of the molecule is C=C1CC/C(=C/C=C2\CCC[C@]3(C)C([C@@H](C)CC)CC[C@@H]23)C[C@H]1O. The lowest BCUT2D eigenvalue weighted by Crippen LogP contribution is -2.35. The third kappa shape index (κ3) is 3.29. The van der Waals surface area contributed by atoms with E-state index in [-0.39, 0.29) is 6.10 Å². The second-order valence-electron chi connectivity index (χ2n) is 8.93. The molecule has 0 aromatic carbocycles. The molecule has 0 heterocycles. The monoisotopic (exact) mass is 328 g/mol. The van der Waals surface area contributed by atoms with Crippen molar-refractivity contribution in [2.75, 3.05) is 0 Å². The van der Waals surface area contributed by atoms with Gasteiger partial charge in [0.15, 0.2) is 0 Å². The maximum atomic E-state index is 10.0. The summed E-state index contributed by atoms with van der Waals surface area (Å²) >= 11 is 0. The van der Waals surface area contributed by atoms with Crippen LogP contribution in [0.25, 0.3) is 0 Å². The Kier molecular flexibility index (Phi) is 5.39. The van der Waals surface area contributed by atoms with Gasteiger partial charge in [0.25, 0.3) is 0 Å². The molecular formula is C23H36O. The molecule has 24 heavy (non-hydrogen) atoms. The normalized spacial score (nSPS) is 41.7. The van der Waals surface area contributed by atoms with Crippen molar-refractivity contribution in [2.45, 2.75) is 84.7 Å². The van der Waals surface area contributed by atoms with Crippen LogP contribution in [0.4, 0.5) is 0 Å². The molecule has 1 unspecified atom stereocenters. The quantitative estimate of drug-likeness (QED) is 0.611. The lowest BCUT2D eigenvalue weighted by Gasteiger charge is -2.44. The topological polar surface area (TPSA) is 20.2 Å². The molecule has 134 valence electrons. The zero-order valence-corrected chi connectivity index (χ0v) is 16.0. The fourth-order valence-corrected chi connectivity index (χ4v) is 5.86. The van der Waals surface area contributed by atoms with Crippen LogP contribution in [-0.4, -0.2) is 11.2 Å². The van der Waals surface area contributed by atoms with Crippen molar-refractivity contribution in [3.05, 3.63) is 35.5 Å². The minimum Gasteiger partial charge on any atom is -0.388 e. The Hall–Kier alpha value is -0.820. The largest absolute Gasteiger partial charge is 0.388 e. The van der Waals surface area contributed by atoms with Crippen LogP contribution in [0.15, 0.2) is 35.5 Å². The summed E-state index contributed by atoms with van der Waals surface area (Å²) in [5, 5.41) is 10.0. The molecule has 0 aromatic rings. The van der Waals surface area contributed by atoms with E-state index in [0.717, 1.165) is 42.6 Å². The van der Waals surface area contributed by atoms with Gasteiger partial charge < -0.3 is 5.11 Å². The lowest BCUT2D eigenvalue weighted by molar-refractivity contribution is 0.0961. The molecule has 0 bridgehead atoms. The van der Waals surface area contributed by atoms with Crippen molar-refractivity contribution in [3.63, 3.8) is 0 Å². The van der Waals surface area contributed by atoms with E-state index in [1.54, 1.807) is 5.57 Å². The molecule has 1 heteroatoms. The van der Waals surface area contributed by atoms with Gasteiger partial charge in [0.2, 0.25) is 0 Å². The summed E-state index contributed by atoms with van der Waals surface area (Å²) in [6.07, 6.45) is 15.5. The average Bonchev–Trinajstić information content (AvgIpc) is 2.92. The maximum Gasteiger partial charge on any atom is 0.0784 e. The molecule has 0 saturated heterocycles. The minimum absolute atomic E-state index is 0.318. The van der Waals surface area contributed by atoms with Crippen molar-refractivity contribution in [2.24, 2.45) is 23.2 Å². The summed E-state index contributed by atoms with van der Waals surface area (Å²) in [6, 6.07) is 0. The Bertz CT molecular complexity index is 540. The van der Waals surface area contributed by atoms with E-state index in [1.165, 1.54) is 44.1 Å². The second-order valence-corrected chi connectivity index (χ2v) is 8.93. The predicted molar refractivity (Wildman–Crippen MR) is 103 cm³/mol. The number of aliphatic hydroxyl groups excluding tert-OH is 1. The van der Waals surface area contributed by atoms with Crippen molar-refractivity contribution >= 4 is 0 Å². The molecule has 5 atom stereocenters. The average molecular weight is 329 g/mol. The van der Waals surface area contributed by atoms with Crippen LogP contribution in [0.2, 0.25) is 0 Å². The molecule has 3 aliphatic rings. The van der Waals surface area contributed by atoms with E-state index >= 15 is 0 Å². The standard InChI is InChI=1S/C23H36O/c1-5-16(2)20-12-13-21-19(7-6-14-23(20,21)4)11-10-18-9-8-17(3)22(24)15-18/h10-11,16,20-22,24H,3,5-9,12-15H2,1-2,4H3/b18-10-,19-11+/t16-,20?,21-,22+,23+/m0/s1. The van der Waals surface area contributed by atoms with E-state index in [4.69, 9.17) is 0 Å². The van der Waals surface area contributed by atoms with Crippen molar-refractivity contribution in [3.8, 4) is 0 Å². The van der Waals surface area contributed by atoms with Gasteiger partial charge in [0, 0.05) is 0 Å². The van der Waals surface area contributed by atoms with Gasteiger partial charge in [-0.05, 0) is 80.1 Å². The van der Waals surface area contributed by atoms with E-state index in [9.17, 15) is 5.11 Å². The number of allylic oxidation sites excluding steroid dienone is 3. The highest BCUT2D eigenvalue weighted by Crippen LogP contribution is 2.59. The summed E-state index contributed by atoms with van der Waals surface area (Å²) in [7, 11) is 0. The molecule has 1 N–H and O–H groups in total. The van der Waals surface area contributed by atoms with Crippen LogP contribution in [0.5, 0.6) is 0 Å². The smallest absolute Gasteiger partial charge is 0.0784 e. The van der Waals surface area contributed by atoms with Gasteiger partial charge >= 0.3 is 0 Å². The summed E-state index contributed by atoms with van der Waals surface area (Å²) in [6.45, 7) is 11.4. The molecule has 0 radical (unpaired) electrons. The third-order valence-corrected chi connectivity index (χ3v) is 7.60. The second kappa shape index (κ2) is 7.20. The lowest BCUT2D eigenvalue weighted by atomic mass is 9.61. The molecule has 3 aliphatic carbocycles. The first-order valence-corrected chi connectivity index (χ1v) is 10.2. The van der Waals surface area contributed by atoms with E-state index in [2.05, 4.69) is 39.5 Å². The predicted octanol–water partition coefficient (Wildman–Crippen LogP) is 6.20. The van der Waals surface area contributed by atoms with Crippen LogP contribution in [0.3, 0.4) is 0 Å². The first-order valence-electron chi connectivity index (χ1n) is 10.2. The first kappa shape index (κ1) is 18.0. The van der Waals surface area contributed by atoms with E-state index in [1.807, 2.05) is 0 Å². The molecule has 0 spiro atoms. The van der Waals surface area contributed by atoms with Crippen LogP contribution in [0, 0.1) is 23.2 Å². The number of hydrogen-bond donors (Lipinski definition) is 1. The summed E-state index contributed by atoms with van der Waals surface area (Å²) < 4.78 is 0. The van der Waals surface area contributed by atoms with Crippen LogP contribution in [-0.2, 0) is 0 Å². The third-order valence-electron chi connectivity index (χ3n) is 7.60. The molecule has 0 aromatic heterocycles. The molecule has 0 aliphatic heterocycles. The fourth-order valence-electron chi connectivity index (χ4n) is 5.86. The van der Waals surface area contributed by atoms with Crippen LogP contribution < -0.4 is 0 Å². The number of aliphatic hydroxyl groups is 1. The first-order chi connectivity index (χ1) is 11.5. The van der Waals surface area contributed by atoms with Crippen LogP contribution >= 0.6 is 0 Å². The summed E-state index contributed by atoms with van der Waals surface area (Å²) in [5.41, 5.74) is 4.64. The molecule has 3 fully saturated rings. The summed E-state index contributed by atoms with van der Waals surface area (Å²) in [4.78, 5) is 0. The zero-order chi connectivity index (χ0) is 17.3. The highest BCUT2D eigenvalue weighted by molar-refractivity contribution is 5.28. The Labute approximate surface area is 148 Å². The Balaban J connectivity index is 1.76. The van der Waals surface area contributed by atoms with Gasteiger partial charge in [-0.2, -0.15) is 0 Å². The Morgan fingerprint density at radius 2 is 2.04 bits per heavy atom. The van der Waals surface area contributed by atoms with E-state index in [0.29, 0.717) is 5.41 Å². The molecule has 1 nitrogen and oxygen atoms in total. The van der Waals surface area contributed by atoms with Crippen LogP contribution in [0.1, 0.15) is 78.6 Å². The molecule has 3 saturated carbocycles. The van der Waals surface area contributed by atoms with Crippen molar-refractivity contribution in [1.82, 2.24) is 0 Å². The highest BCUT2D eigenvalue weighted by Gasteiger charge is 2.50. The van der Waals surface area contributed by atoms with Crippen molar-refractivity contribution < 1.29 is 5.11 Å². The fraction of sp³-hybridized carbons (Fsp3) is 0.739. The van der Waals surface area contributed by atoms with Gasteiger partial charge in [0.05, 0.1) is 6.10 Å². The van der Waals surface area contributed by atoms with Gasteiger partial charge in [-0.15, -0.1) is 0 Å². The number of fused-ring (bicyclic) bond motifs is 1. The van der Waals surface area contributed by atoms with Gasteiger partial charge in [-0.25, -0.2) is 0 Å². The molecular weight excluding hydrogens is 292 g/mol. The Morgan fingerprint density at radius 3 is 2.75 bits per heavy atom. The molecule has 0 amide bonds. The maximum absolute atomic E-state index is 10.0. The zero-order valence-electron chi connectivity index (χ0n) is 16.0.